The predicted molar refractivity (Wildman–Crippen MR) is 74.5 cm³/mol. The van der Waals surface area contributed by atoms with Crippen molar-refractivity contribution < 1.29 is 0 Å². The molecule has 0 aromatic carbocycles. The van der Waals surface area contributed by atoms with E-state index in [1.165, 1.54) is 11.1 Å². The summed E-state index contributed by atoms with van der Waals surface area (Å²) < 4.78 is 0. The fourth-order valence-electron chi connectivity index (χ4n) is 2.24. The van der Waals surface area contributed by atoms with Gasteiger partial charge in [0.05, 0.1) is 20.0 Å². The van der Waals surface area contributed by atoms with E-state index in [4.69, 9.17) is 0 Å². The van der Waals surface area contributed by atoms with Gasteiger partial charge in [-0.25, -0.2) is 0 Å². The van der Waals surface area contributed by atoms with Crippen LogP contribution in [0.4, 0.5) is 0 Å². The highest BCUT2D eigenvalue weighted by Crippen LogP contribution is 2.10. The van der Waals surface area contributed by atoms with Gasteiger partial charge in [-0.1, -0.05) is 30.4 Å². The van der Waals surface area contributed by atoms with E-state index >= 15 is 0 Å². The Labute approximate surface area is 106 Å². The topological polar surface area (TPSA) is 9.72 Å². The zero-order valence-corrected chi connectivity index (χ0v) is 11.3. The Morgan fingerprint density at radius 2 is 1.35 bits per heavy atom. The molecule has 1 aliphatic rings. The van der Waals surface area contributed by atoms with Crippen LogP contribution in [0.3, 0.4) is 0 Å². The van der Waals surface area contributed by atoms with E-state index in [1.54, 1.807) is 0 Å². The van der Waals surface area contributed by atoms with E-state index in [9.17, 15) is 0 Å². The molecule has 0 saturated carbocycles. The first-order valence-corrected chi connectivity index (χ1v) is 6.08. The average Bonchev–Trinajstić information content (AvgIpc) is 2.14. The molecule has 0 N–H and O–H groups in total. The van der Waals surface area contributed by atoms with Crippen LogP contribution in [0.15, 0.2) is 37.0 Å². The maximum atomic E-state index is 3.99. The molecule has 0 radical (unpaired) electrons. The fraction of sp³-hybridized carbons (Fsp3) is 0.571. The molecule has 17 heavy (non-hydrogen) atoms. The van der Waals surface area contributed by atoms with Crippen molar-refractivity contribution in [3.05, 3.63) is 37.0 Å². The summed E-state index contributed by atoms with van der Waals surface area (Å²) in [6, 6.07) is 0. The van der Waals surface area contributed by atoms with Crippen molar-refractivity contribution in [3.63, 3.8) is 0 Å². The van der Waals surface area contributed by atoms with E-state index in [0.29, 0.717) is 0 Å². The minimum absolute atomic E-state index is 0.930. The Morgan fingerprint density at radius 1 is 0.941 bits per heavy atom. The van der Waals surface area contributed by atoms with Crippen LogP contribution in [0.25, 0.3) is 0 Å². The lowest BCUT2D eigenvalue weighted by Gasteiger charge is -2.42. The van der Waals surface area contributed by atoms with E-state index in [1.807, 2.05) is 6.08 Å². The molecule has 0 atom stereocenters. The molecule has 0 aromatic rings. The summed E-state index contributed by atoms with van der Waals surface area (Å²) in [5.74, 6) is 0. The number of hydrogen-bond donors (Lipinski definition) is 0. The molecular weight excluding hydrogens is 210 g/mol. The molecule has 0 amide bonds. The van der Waals surface area contributed by atoms with Crippen LogP contribution in [-0.2, 0) is 0 Å². The van der Waals surface area contributed by atoms with Gasteiger partial charge in [0.25, 0.3) is 0 Å². The molecular formula is C14H25N3. The van der Waals surface area contributed by atoms with Crippen molar-refractivity contribution in [2.24, 2.45) is 0 Å². The molecule has 0 bridgehead atoms. The molecule has 1 fully saturated rings. The smallest absolute Gasteiger partial charge is 0.0536 e. The lowest BCUT2D eigenvalue weighted by molar-refractivity contribution is -0.0137. The third-order valence-corrected chi connectivity index (χ3v) is 2.57. The summed E-state index contributed by atoms with van der Waals surface area (Å²) in [7, 11) is 0. The van der Waals surface area contributed by atoms with Gasteiger partial charge in [0.15, 0.2) is 0 Å². The predicted octanol–water partition coefficient (Wildman–Crippen LogP) is 2.12. The summed E-state index contributed by atoms with van der Waals surface area (Å²) in [5.41, 5.74) is 2.42. The van der Waals surface area contributed by atoms with Crippen molar-refractivity contribution in [3.8, 4) is 0 Å². The van der Waals surface area contributed by atoms with Crippen LogP contribution in [0, 0.1) is 0 Å². The highest BCUT2D eigenvalue weighted by molar-refractivity contribution is 4.95. The molecule has 0 spiro atoms. The zero-order chi connectivity index (χ0) is 12.8. The Hall–Kier alpha value is -0.900. The van der Waals surface area contributed by atoms with Gasteiger partial charge in [-0.3, -0.25) is 14.7 Å². The Kier molecular flexibility index (Phi) is 5.62. The van der Waals surface area contributed by atoms with Gasteiger partial charge in [0.1, 0.15) is 0 Å². The molecule has 3 heteroatoms. The van der Waals surface area contributed by atoms with Gasteiger partial charge in [-0.2, -0.15) is 0 Å². The van der Waals surface area contributed by atoms with E-state index in [-0.39, 0.29) is 0 Å². The number of rotatable bonds is 6. The molecule has 0 unspecified atom stereocenters. The molecule has 1 saturated heterocycles. The Balaban J connectivity index is 2.58. The maximum Gasteiger partial charge on any atom is 0.0536 e. The van der Waals surface area contributed by atoms with Crippen molar-refractivity contribution >= 4 is 0 Å². The van der Waals surface area contributed by atoms with Crippen molar-refractivity contribution in [2.45, 2.75) is 13.8 Å². The number of nitrogens with zero attached hydrogens (tertiary/aromatic N) is 3. The maximum absolute atomic E-state index is 3.99. The van der Waals surface area contributed by atoms with Crippen LogP contribution in [0.2, 0.25) is 0 Å². The van der Waals surface area contributed by atoms with E-state index in [0.717, 1.165) is 39.6 Å². The van der Waals surface area contributed by atoms with Crippen LogP contribution in [-0.4, -0.2) is 54.3 Å². The van der Waals surface area contributed by atoms with Gasteiger partial charge < -0.3 is 0 Å². The van der Waals surface area contributed by atoms with Gasteiger partial charge in [0.2, 0.25) is 0 Å². The molecule has 1 heterocycles. The summed E-state index contributed by atoms with van der Waals surface area (Å²) in [6.07, 6.45) is 1.96. The molecule has 0 aromatic heterocycles. The van der Waals surface area contributed by atoms with Crippen LogP contribution >= 0.6 is 0 Å². The minimum atomic E-state index is 0.930. The van der Waals surface area contributed by atoms with Crippen molar-refractivity contribution in [1.82, 2.24) is 14.7 Å². The van der Waals surface area contributed by atoms with E-state index < -0.39 is 0 Å². The standard InChI is InChI=1S/C14H25N3/c1-6-7-15-10-16(8-13(2)3)12-17(11-15)9-14(4)5/h6H,1-2,4,7-12H2,3,5H3. The van der Waals surface area contributed by atoms with Gasteiger partial charge >= 0.3 is 0 Å². The van der Waals surface area contributed by atoms with Crippen LogP contribution in [0.1, 0.15) is 13.8 Å². The molecule has 1 aliphatic heterocycles. The number of hydrogen-bond acceptors (Lipinski definition) is 3. The third kappa shape index (κ3) is 5.31. The second-order valence-corrected chi connectivity index (χ2v) is 5.14. The summed E-state index contributed by atoms with van der Waals surface area (Å²) in [6.45, 7) is 21.8. The van der Waals surface area contributed by atoms with Crippen molar-refractivity contribution in [2.75, 3.05) is 39.6 Å². The van der Waals surface area contributed by atoms with Crippen molar-refractivity contribution in [1.29, 1.82) is 0 Å². The van der Waals surface area contributed by atoms with Gasteiger partial charge in [-0.05, 0) is 13.8 Å². The van der Waals surface area contributed by atoms with Crippen LogP contribution < -0.4 is 0 Å². The average molecular weight is 235 g/mol. The quantitative estimate of drug-likeness (QED) is 0.653. The first kappa shape index (κ1) is 14.2. The molecule has 96 valence electrons. The van der Waals surface area contributed by atoms with E-state index in [2.05, 4.69) is 48.3 Å². The first-order valence-electron chi connectivity index (χ1n) is 6.08. The molecule has 1 rings (SSSR count). The molecule has 0 aliphatic carbocycles. The Bertz CT molecular complexity index is 272. The normalized spacial score (nSPS) is 19.2. The van der Waals surface area contributed by atoms with Gasteiger partial charge in [0, 0.05) is 19.6 Å². The minimum Gasteiger partial charge on any atom is -0.274 e. The van der Waals surface area contributed by atoms with Gasteiger partial charge in [-0.15, -0.1) is 6.58 Å². The summed E-state index contributed by atoms with van der Waals surface area (Å²) in [4.78, 5) is 7.18. The highest BCUT2D eigenvalue weighted by Gasteiger charge is 2.22. The lowest BCUT2D eigenvalue weighted by atomic mass is 10.3. The zero-order valence-electron chi connectivity index (χ0n) is 11.3. The Morgan fingerprint density at radius 3 is 1.71 bits per heavy atom. The lowest BCUT2D eigenvalue weighted by Crippen LogP contribution is -2.55. The largest absolute Gasteiger partial charge is 0.274 e. The molecule has 3 nitrogen and oxygen atoms in total. The summed E-state index contributed by atoms with van der Waals surface area (Å²) in [5, 5.41) is 0. The third-order valence-electron chi connectivity index (χ3n) is 2.57. The SMILES string of the molecule is C=CCN1CN(CC(=C)C)CN(CC(=C)C)C1. The van der Waals surface area contributed by atoms with Crippen LogP contribution in [0.5, 0.6) is 0 Å². The summed E-state index contributed by atoms with van der Waals surface area (Å²) >= 11 is 0. The second-order valence-electron chi connectivity index (χ2n) is 5.14. The monoisotopic (exact) mass is 235 g/mol. The highest BCUT2D eigenvalue weighted by atomic mass is 15.5. The first-order chi connectivity index (χ1) is 8.01. The fourth-order valence-corrected chi connectivity index (χ4v) is 2.24. The second kappa shape index (κ2) is 6.74.